The van der Waals surface area contributed by atoms with Crippen molar-refractivity contribution >= 4 is 0 Å². The van der Waals surface area contributed by atoms with Crippen LogP contribution in [-0.4, -0.2) is 25.8 Å². The molecule has 1 aliphatic carbocycles. The summed E-state index contributed by atoms with van der Waals surface area (Å²) in [5.74, 6) is 2.43. The van der Waals surface area contributed by atoms with Crippen molar-refractivity contribution in [2.75, 3.05) is 14.2 Å². The van der Waals surface area contributed by atoms with Gasteiger partial charge in [0.2, 0.25) is 0 Å². The number of nitrogens with one attached hydrogen (secondary N) is 1. The lowest BCUT2D eigenvalue weighted by Gasteiger charge is -2.49. The fraction of sp³-hybridized carbons (Fsp3) is 0.600. The van der Waals surface area contributed by atoms with Gasteiger partial charge in [-0.05, 0) is 45.2 Å². The Labute approximate surface area is 108 Å². The molecule has 3 unspecified atom stereocenters. The van der Waals surface area contributed by atoms with Gasteiger partial charge in [-0.25, -0.2) is 0 Å². The minimum atomic E-state index is -0.112. The maximum Gasteiger partial charge on any atom is 0.165 e. The number of fused-ring (bicyclic) bond motifs is 4. The summed E-state index contributed by atoms with van der Waals surface area (Å²) in [6.45, 7) is 2.22. The zero-order chi connectivity index (χ0) is 12.8. The number of hydrogen-bond donors (Lipinski definition) is 1. The maximum absolute atomic E-state index is 6.33. The standard InChI is InChI=1S/C15H21NO2/c1-15-9-10(7-8-13(15)16-2)11-5-4-6-12(17-3)14(11)18-15/h4-6,10,13,16H,7-9H2,1-3H3. The van der Waals surface area contributed by atoms with Gasteiger partial charge < -0.3 is 14.8 Å². The summed E-state index contributed by atoms with van der Waals surface area (Å²) in [5, 5.41) is 3.40. The second-order valence-electron chi connectivity index (χ2n) is 5.61. The maximum atomic E-state index is 6.33. The van der Waals surface area contributed by atoms with Crippen LogP contribution in [0.5, 0.6) is 11.5 Å². The van der Waals surface area contributed by atoms with Gasteiger partial charge in [-0.2, -0.15) is 0 Å². The highest BCUT2D eigenvalue weighted by Crippen LogP contribution is 2.51. The Bertz CT molecular complexity index is 460. The predicted octanol–water partition coefficient (Wildman–Crippen LogP) is 2.70. The smallest absolute Gasteiger partial charge is 0.165 e. The molecule has 0 aromatic heterocycles. The highest BCUT2D eigenvalue weighted by Gasteiger charge is 2.47. The molecule has 1 aromatic carbocycles. The molecule has 0 saturated heterocycles. The summed E-state index contributed by atoms with van der Waals surface area (Å²) in [6, 6.07) is 6.65. The van der Waals surface area contributed by atoms with Crippen molar-refractivity contribution in [2.45, 2.75) is 43.7 Å². The Morgan fingerprint density at radius 1 is 1.39 bits per heavy atom. The second kappa shape index (κ2) is 4.16. The zero-order valence-corrected chi connectivity index (χ0v) is 11.3. The molecular formula is C15H21NO2. The number of para-hydroxylation sites is 1. The minimum absolute atomic E-state index is 0.112. The summed E-state index contributed by atoms with van der Waals surface area (Å²) in [4.78, 5) is 0. The van der Waals surface area contributed by atoms with Crippen LogP contribution in [0.15, 0.2) is 18.2 Å². The molecule has 3 atom stereocenters. The normalized spacial score (nSPS) is 33.5. The van der Waals surface area contributed by atoms with E-state index in [0.717, 1.165) is 17.9 Å². The average Bonchev–Trinajstić information content (AvgIpc) is 2.38. The first-order valence-electron chi connectivity index (χ1n) is 6.71. The van der Waals surface area contributed by atoms with E-state index in [1.165, 1.54) is 18.4 Å². The fourth-order valence-corrected chi connectivity index (χ4v) is 3.59. The Morgan fingerprint density at radius 2 is 2.22 bits per heavy atom. The molecule has 1 saturated carbocycles. The van der Waals surface area contributed by atoms with Gasteiger partial charge in [0, 0.05) is 11.6 Å². The van der Waals surface area contributed by atoms with Crippen molar-refractivity contribution in [3.05, 3.63) is 23.8 Å². The van der Waals surface area contributed by atoms with Gasteiger partial charge in [-0.3, -0.25) is 0 Å². The molecule has 98 valence electrons. The first kappa shape index (κ1) is 11.8. The molecule has 0 spiro atoms. The largest absolute Gasteiger partial charge is 0.493 e. The van der Waals surface area contributed by atoms with Crippen molar-refractivity contribution < 1.29 is 9.47 Å². The topological polar surface area (TPSA) is 30.5 Å². The summed E-state index contributed by atoms with van der Waals surface area (Å²) in [5.41, 5.74) is 1.21. The van der Waals surface area contributed by atoms with E-state index in [4.69, 9.17) is 9.47 Å². The minimum Gasteiger partial charge on any atom is -0.493 e. The van der Waals surface area contributed by atoms with Crippen LogP contribution in [0, 0.1) is 0 Å². The number of methoxy groups -OCH3 is 1. The van der Waals surface area contributed by atoms with Gasteiger partial charge in [0.1, 0.15) is 5.60 Å². The summed E-state index contributed by atoms with van der Waals surface area (Å²) in [6.07, 6.45) is 3.50. The first-order valence-corrected chi connectivity index (χ1v) is 6.71. The number of hydrogen-bond acceptors (Lipinski definition) is 3. The van der Waals surface area contributed by atoms with Crippen molar-refractivity contribution in [2.24, 2.45) is 0 Å². The molecule has 3 heteroatoms. The first-order chi connectivity index (χ1) is 8.68. The molecule has 0 amide bonds. The predicted molar refractivity (Wildman–Crippen MR) is 71.5 cm³/mol. The van der Waals surface area contributed by atoms with E-state index in [2.05, 4.69) is 24.4 Å². The van der Waals surface area contributed by atoms with Crippen molar-refractivity contribution in [1.29, 1.82) is 0 Å². The van der Waals surface area contributed by atoms with Gasteiger partial charge in [0.25, 0.3) is 0 Å². The molecule has 18 heavy (non-hydrogen) atoms. The highest BCUT2D eigenvalue weighted by molar-refractivity contribution is 5.50. The molecule has 0 radical (unpaired) electrons. The van der Waals surface area contributed by atoms with E-state index in [9.17, 15) is 0 Å². The third-order valence-electron chi connectivity index (χ3n) is 4.55. The molecule has 2 bridgehead atoms. The molecule has 1 aliphatic heterocycles. The molecule has 1 fully saturated rings. The van der Waals surface area contributed by atoms with E-state index >= 15 is 0 Å². The molecule has 1 N–H and O–H groups in total. The van der Waals surface area contributed by atoms with Gasteiger partial charge in [-0.15, -0.1) is 0 Å². The van der Waals surface area contributed by atoms with Crippen LogP contribution in [0.1, 0.15) is 37.7 Å². The monoisotopic (exact) mass is 247 g/mol. The summed E-state index contributed by atoms with van der Waals surface area (Å²) in [7, 11) is 3.73. The third-order valence-corrected chi connectivity index (χ3v) is 4.55. The Morgan fingerprint density at radius 3 is 2.94 bits per heavy atom. The summed E-state index contributed by atoms with van der Waals surface area (Å²) < 4.78 is 11.8. The average molecular weight is 247 g/mol. The third kappa shape index (κ3) is 1.61. The number of benzene rings is 1. The van der Waals surface area contributed by atoms with Crippen LogP contribution in [0.25, 0.3) is 0 Å². The quantitative estimate of drug-likeness (QED) is 0.871. The molecule has 3 nitrogen and oxygen atoms in total. The van der Waals surface area contributed by atoms with E-state index in [1.807, 2.05) is 13.1 Å². The van der Waals surface area contributed by atoms with Gasteiger partial charge in [-0.1, -0.05) is 12.1 Å². The molecule has 3 rings (SSSR count). The van der Waals surface area contributed by atoms with Crippen LogP contribution in [-0.2, 0) is 0 Å². The van der Waals surface area contributed by atoms with Crippen LogP contribution in [0.2, 0.25) is 0 Å². The van der Waals surface area contributed by atoms with E-state index in [-0.39, 0.29) is 5.60 Å². The highest BCUT2D eigenvalue weighted by atomic mass is 16.5. The molecule has 2 aliphatic rings. The van der Waals surface area contributed by atoms with Crippen molar-refractivity contribution in [3.8, 4) is 11.5 Å². The molecule has 1 heterocycles. The Balaban J connectivity index is 2.06. The van der Waals surface area contributed by atoms with Gasteiger partial charge >= 0.3 is 0 Å². The molecule has 1 aromatic rings. The SMILES string of the molecule is CNC1CCC2CC1(C)Oc1c(OC)cccc12. The van der Waals surface area contributed by atoms with E-state index in [1.54, 1.807) is 7.11 Å². The van der Waals surface area contributed by atoms with Gasteiger partial charge in [0.05, 0.1) is 7.11 Å². The van der Waals surface area contributed by atoms with Crippen molar-refractivity contribution in [1.82, 2.24) is 5.32 Å². The lowest BCUT2D eigenvalue weighted by Crippen LogP contribution is -2.56. The lowest BCUT2D eigenvalue weighted by atomic mass is 9.71. The second-order valence-corrected chi connectivity index (χ2v) is 5.61. The van der Waals surface area contributed by atoms with E-state index in [0.29, 0.717) is 12.0 Å². The Kier molecular flexibility index (Phi) is 2.74. The Hall–Kier alpha value is -1.22. The zero-order valence-electron chi connectivity index (χ0n) is 11.3. The van der Waals surface area contributed by atoms with E-state index < -0.39 is 0 Å². The number of likely N-dealkylation sites (N-methyl/N-ethyl adjacent to an activating group) is 1. The van der Waals surface area contributed by atoms with Crippen molar-refractivity contribution in [3.63, 3.8) is 0 Å². The summed E-state index contributed by atoms with van der Waals surface area (Å²) >= 11 is 0. The lowest BCUT2D eigenvalue weighted by molar-refractivity contribution is -0.00967. The molecular weight excluding hydrogens is 226 g/mol. The van der Waals surface area contributed by atoms with Crippen LogP contribution < -0.4 is 14.8 Å². The van der Waals surface area contributed by atoms with Crippen LogP contribution in [0.4, 0.5) is 0 Å². The van der Waals surface area contributed by atoms with Gasteiger partial charge in [0.15, 0.2) is 11.5 Å². The van der Waals surface area contributed by atoms with Crippen LogP contribution in [0.3, 0.4) is 0 Å². The van der Waals surface area contributed by atoms with Crippen LogP contribution >= 0.6 is 0 Å². The fourth-order valence-electron chi connectivity index (χ4n) is 3.59. The number of rotatable bonds is 2. The number of ether oxygens (including phenoxy) is 2.